The summed E-state index contributed by atoms with van der Waals surface area (Å²) in [6, 6.07) is 13.5. The fourth-order valence-corrected chi connectivity index (χ4v) is 4.89. The van der Waals surface area contributed by atoms with Crippen LogP contribution in [0.2, 0.25) is 5.02 Å². The molecular weight excluding hydrogens is 456 g/mol. The molecular formula is C26H29ClN2O3S. The zero-order valence-corrected chi connectivity index (χ0v) is 20.6. The number of ether oxygens (including phenoxy) is 2. The summed E-state index contributed by atoms with van der Waals surface area (Å²) in [5, 5.41) is 1.25. The number of thiocarbonyl (C=S) groups is 1. The fraction of sp³-hybridized carbons (Fsp3) is 0.385. The number of amides is 1. The molecule has 2 aromatic rings. The molecule has 1 saturated heterocycles. The van der Waals surface area contributed by atoms with E-state index >= 15 is 0 Å². The molecule has 4 rings (SSSR count). The van der Waals surface area contributed by atoms with E-state index in [4.69, 9.17) is 33.3 Å². The lowest BCUT2D eigenvalue weighted by Crippen LogP contribution is -2.41. The summed E-state index contributed by atoms with van der Waals surface area (Å²) in [6.45, 7) is 2.77. The minimum atomic E-state index is -0.0218. The minimum Gasteiger partial charge on any atom is -0.490 e. The molecule has 2 fully saturated rings. The summed E-state index contributed by atoms with van der Waals surface area (Å²) in [4.78, 5) is 16.9. The molecule has 0 bridgehead atoms. The van der Waals surface area contributed by atoms with Gasteiger partial charge in [0.2, 0.25) is 0 Å². The predicted molar refractivity (Wildman–Crippen MR) is 135 cm³/mol. The van der Waals surface area contributed by atoms with E-state index in [1.54, 1.807) is 0 Å². The van der Waals surface area contributed by atoms with E-state index < -0.39 is 0 Å². The van der Waals surface area contributed by atoms with E-state index in [1.807, 2.05) is 72.3 Å². The lowest BCUT2D eigenvalue weighted by molar-refractivity contribution is -0.124. The van der Waals surface area contributed by atoms with Gasteiger partial charge in [-0.3, -0.25) is 9.69 Å². The van der Waals surface area contributed by atoms with Gasteiger partial charge in [-0.15, -0.1) is 0 Å². The lowest BCUT2D eigenvalue weighted by Gasteiger charge is -2.30. The Morgan fingerprint density at radius 2 is 1.85 bits per heavy atom. The van der Waals surface area contributed by atoms with Crippen LogP contribution in [0, 0.1) is 0 Å². The average Bonchev–Trinajstić information content (AvgIpc) is 3.03. The Morgan fingerprint density at radius 3 is 2.58 bits per heavy atom. The van der Waals surface area contributed by atoms with Crippen molar-refractivity contribution in [1.82, 2.24) is 9.80 Å². The van der Waals surface area contributed by atoms with Gasteiger partial charge in [-0.1, -0.05) is 55.1 Å². The number of carbonyl (C=O) groups excluding carboxylic acids is 1. The van der Waals surface area contributed by atoms with Gasteiger partial charge in [0, 0.05) is 23.7 Å². The first-order chi connectivity index (χ1) is 16.0. The molecule has 0 N–H and O–H groups in total. The number of rotatable bonds is 7. The summed E-state index contributed by atoms with van der Waals surface area (Å²) >= 11 is 11.9. The highest BCUT2D eigenvalue weighted by Crippen LogP contribution is 2.33. The fourth-order valence-electron chi connectivity index (χ4n) is 4.37. The second-order valence-electron chi connectivity index (χ2n) is 8.36. The molecule has 2 aliphatic rings. The first-order valence-corrected chi connectivity index (χ1v) is 12.2. The van der Waals surface area contributed by atoms with E-state index in [1.165, 1.54) is 6.42 Å². The van der Waals surface area contributed by atoms with Crippen molar-refractivity contribution in [2.24, 2.45) is 0 Å². The molecule has 1 amide bonds. The van der Waals surface area contributed by atoms with Crippen LogP contribution in [0.25, 0.3) is 6.08 Å². The van der Waals surface area contributed by atoms with Crippen molar-refractivity contribution in [3.63, 3.8) is 0 Å². The van der Waals surface area contributed by atoms with Crippen LogP contribution in [-0.4, -0.2) is 40.5 Å². The quantitative estimate of drug-likeness (QED) is 0.353. The predicted octanol–water partition coefficient (Wildman–Crippen LogP) is 6.05. The maximum Gasteiger partial charge on any atom is 0.277 e. The molecule has 174 valence electrons. The molecule has 0 radical (unpaired) electrons. The molecule has 0 spiro atoms. The number of nitrogens with zero attached hydrogens (tertiary/aromatic N) is 2. The zero-order valence-electron chi connectivity index (χ0n) is 19.1. The van der Waals surface area contributed by atoms with Gasteiger partial charge < -0.3 is 14.4 Å². The Kier molecular flexibility index (Phi) is 7.56. The van der Waals surface area contributed by atoms with Crippen molar-refractivity contribution >= 4 is 40.9 Å². The highest BCUT2D eigenvalue weighted by atomic mass is 35.5. The maximum atomic E-state index is 13.3. The average molecular weight is 485 g/mol. The van der Waals surface area contributed by atoms with Crippen LogP contribution in [-0.2, 0) is 11.4 Å². The first kappa shape index (κ1) is 23.6. The number of carbonyl (C=O) groups is 1. The second kappa shape index (κ2) is 10.6. The van der Waals surface area contributed by atoms with Gasteiger partial charge in [0.05, 0.1) is 6.61 Å². The van der Waals surface area contributed by atoms with E-state index in [2.05, 4.69) is 0 Å². The lowest BCUT2D eigenvalue weighted by atomic mass is 9.94. The molecule has 0 atom stereocenters. The number of hydrogen-bond donors (Lipinski definition) is 0. The van der Waals surface area contributed by atoms with E-state index in [-0.39, 0.29) is 11.9 Å². The Hall–Kier alpha value is -2.57. The molecule has 2 aromatic carbocycles. The molecule has 5 nitrogen and oxygen atoms in total. The van der Waals surface area contributed by atoms with Crippen LogP contribution in [0.4, 0.5) is 0 Å². The Bertz CT molecular complexity index is 1070. The van der Waals surface area contributed by atoms with Crippen molar-refractivity contribution in [2.45, 2.75) is 51.7 Å². The van der Waals surface area contributed by atoms with E-state index in [9.17, 15) is 4.79 Å². The molecule has 1 aliphatic heterocycles. The monoisotopic (exact) mass is 484 g/mol. The third kappa shape index (κ3) is 5.17. The number of benzene rings is 2. The highest BCUT2D eigenvalue weighted by molar-refractivity contribution is 7.80. The SMILES string of the molecule is CCOc1cc(/C=C2/C(=O)N(C3CCCCC3)C(=S)N2C)ccc1OCc1ccccc1Cl. The topological polar surface area (TPSA) is 42.0 Å². The summed E-state index contributed by atoms with van der Waals surface area (Å²) in [6.07, 6.45) is 7.42. The maximum absolute atomic E-state index is 13.3. The third-order valence-corrected chi connectivity index (χ3v) is 6.98. The van der Waals surface area contributed by atoms with Crippen molar-refractivity contribution < 1.29 is 14.3 Å². The number of hydrogen-bond acceptors (Lipinski definition) is 4. The standard InChI is InChI=1S/C26H29ClN2O3S/c1-3-31-24-16-18(13-14-23(24)32-17-19-9-7-8-12-21(19)27)15-22-25(30)29(26(33)28(22)2)20-10-5-4-6-11-20/h7-9,12-16,20H,3-6,10-11,17H2,1-2H3/b22-15-. The van der Waals surface area contributed by atoms with Gasteiger partial charge in [0.1, 0.15) is 12.3 Å². The second-order valence-corrected chi connectivity index (χ2v) is 9.13. The summed E-state index contributed by atoms with van der Waals surface area (Å²) in [7, 11) is 1.86. The van der Waals surface area contributed by atoms with E-state index in [0.717, 1.165) is 36.8 Å². The molecule has 33 heavy (non-hydrogen) atoms. The largest absolute Gasteiger partial charge is 0.490 e. The molecule has 1 aliphatic carbocycles. The van der Waals surface area contributed by atoms with Crippen molar-refractivity contribution in [3.05, 3.63) is 64.3 Å². The molecule has 1 heterocycles. The van der Waals surface area contributed by atoms with Crippen molar-refractivity contribution in [3.8, 4) is 11.5 Å². The summed E-state index contributed by atoms with van der Waals surface area (Å²) in [5.41, 5.74) is 2.34. The van der Waals surface area contributed by atoms with Crippen molar-refractivity contribution in [1.29, 1.82) is 0 Å². The normalized spacial score (nSPS) is 18.3. The zero-order chi connectivity index (χ0) is 23.4. The summed E-state index contributed by atoms with van der Waals surface area (Å²) < 4.78 is 11.8. The summed E-state index contributed by atoms with van der Waals surface area (Å²) in [5.74, 6) is 1.23. The van der Waals surface area contributed by atoms with Gasteiger partial charge in [-0.05, 0) is 61.8 Å². The Labute approximate surface area is 205 Å². The van der Waals surface area contributed by atoms with E-state index in [0.29, 0.717) is 40.5 Å². The molecule has 0 aromatic heterocycles. The van der Waals surface area contributed by atoms with Gasteiger partial charge in [0.25, 0.3) is 5.91 Å². The number of halogens is 1. The van der Waals surface area contributed by atoms with Gasteiger partial charge in [-0.25, -0.2) is 0 Å². The third-order valence-electron chi connectivity index (χ3n) is 6.14. The molecule has 1 saturated carbocycles. The molecule has 0 unspecified atom stereocenters. The van der Waals surface area contributed by atoms with Gasteiger partial charge >= 0.3 is 0 Å². The number of likely N-dealkylation sites (N-methyl/N-ethyl adjacent to an activating group) is 1. The van der Waals surface area contributed by atoms with Gasteiger partial charge in [-0.2, -0.15) is 0 Å². The smallest absolute Gasteiger partial charge is 0.277 e. The van der Waals surface area contributed by atoms with Crippen LogP contribution in [0.5, 0.6) is 11.5 Å². The highest BCUT2D eigenvalue weighted by Gasteiger charge is 2.40. The Balaban J connectivity index is 1.55. The minimum absolute atomic E-state index is 0.0218. The van der Waals surface area contributed by atoms with Crippen molar-refractivity contribution in [2.75, 3.05) is 13.7 Å². The van der Waals surface area contributed by atoms with Crippen LogP contribution in [0.1, 0.15) is 50.2 Å². The van der Waals surface area contributed by atoms with Gasteiger partial charge in [0.15, 0.2) is 16.6 Å². The van der Waals surface area contributed by atoms with Crippen LogP contribution < -0.4 is 9.47 Å². The first-order valence-electron chi connectivity index (χ1n) is 11.5. The van der Waals surface area contributed by atoms with Crippen LogP contribution in [0.15, 0.2) is 48.2 Å². The Morgan fingerprint density at radius 1 is 1.09 bits per heavy atom. The molecule has 7 heteroatoms. The van der Waals surface area contributed by atoms with Crippen LogP contribution >= 0.6 is 23.8 Å². The van der Waals surface area contributed by atoms with Crippen LogP contribution in [0.3, 0.4) is 0 Å².